The van der Waals surface area contributed by atoms with Crippen LogP contribution in [-0.2, 0) is 14.0 Å². The highest BCUT2D eigenvalue weighted by Gasteiger charge is 2.41. The Morgan fingerprint density at radius 2 is 1.79 bits per heavy atom. The molecule has 0 heterocycles. The maximum atomic E-state index is 12.0. The van der Waals surface area contributed by atoms with E-state index in [2.05, 4.69) is 56.4 Å². The Hall–Kier alpha value is -0.913. The van der Waals surface area contributed by atoms with Gasteiger partial charge in [0, 0.05) is 16.0 Å². The van der Waals surface area contributed by atoms with Crippen molar-refractivity contribution >= 4 is 30.2 Å². The molecule has 0 spiro atoms. The van der Waals surface area contributed by atoms with E-state index in [4.69, 9.17) is 9.16 Å². The lowest BCUT2D eigenvalue weighted by molar-refractivity contribution is -0.137. The average Bonchev–Trinajstić information content (AvgIpc) is 2.50. The first-order valence-corrected chi connectivity index (χ1v) is 11.8. The summed E-state index contributed by atoms with van der Waals surface area (Å²) in [6, 6.07) is 7.97. The Kier molecular flexibility index (Phi) is 7.02. The molecule has 0 aliphatic heterocycles. The molecular formula is C19H29BrO3Si. The number of carbonyl (C=O) groups excluding carboxylic acids is 1. The maximum absolute atomic E-state index is 12.0. The second-order valence-corrected chi connectivity index (χ2v) is 13.2. The number of carbonyl (C=O) groups is 1. The van der Waals surface area contributed by atoms with Crippen molar-refractivity contribution in [3.05, 3.63) is 46.5 Å². The molecule has 0 saturated carbocycles. The Bertz CT molecular complexity index is 605. The molecule has 0 aliphatic carbocycles. The quantitative estimate of drug-likeness (QED) is 0.332. The van der Waals surface area contributed by atoms with Gasteiger partial charge < -0.3 is 9.16 Å². The van der Waals surface area contributed by atoms with E-state index in [1.54, 1.807) is 0 Å². The van der Waals surface area contributed by atoms with Crippen molar-refractivity contribution in [1.29, 1.82) is 0 Å². The molecule has 0 bridgehead atoms. The number of ether oxygens (including phenoxy) is 1. The molecule has 134 valence electrons. The van der Waals surface area contributed by atoms with E-state index in [1.807, 2.05) is 31.2 Å². The molecule has 0 aromatic heterocycles. The standard InChI is InChI=1S/C19H29BrO3Si/c1-13(14(2)18(21)22-6)17(15-11-9-10-12-16(15)20)23-24(7,8)19(3,4)5/h9-13,17H,2H2,1,3-8H3/t13-,17+/m0/s1. The maximum Gasteiger partial charge on any atom is 0.333 e. The molecular weight excluding hydrogens is 384 g/mol. The lowest BCUT2D eigenvalue weighted by atomic mass is 9.91. The van der Waals surface area contributed by atoms with Crippen LogP contribution in [0.1, 0.15) is 39.4 Å². The van der Waals surface area contributed by atoms with E-state index in [-0.39, 0.29) is 17.1 Å². The van der Waals surface area contributed by atoms with E-state index in [9.17, 15) is 4.79 Å². The number of hydrogen-bond acceptors (Lipinski definition) is 3. The van der Waals surface area contributed by atoms with Crippen LogP contribution in [0.5, 0.6) is 0 Å². The summed E-state index contributed by atoms with van der Waals surface area (Å²) >= 11 is 3.62. The van der Waals surface area contributed by atoms with Crippen LogP contribution >= 0.6 is 15.9 Å². The number of methoxy groups -OCH3 is 1. The Balaban J connectivity index is 3.30. The molecule has 0 N–H and O–H groups in total. The van der Waals surface area contributed by atoms with Gasteiger partial charge in [0.1, 0.15) is 0 Å². The smallest absolute Gasteiger partial charge is 0.333 e. The second kappa shape index (κ2) is 7.98. The van der Waals surface area contributed by atoms with Gasteiger partial charge in [0.15, 0.2) is 8.32 Å². The fraction of sp³-hybridized carbons (Fsp3) is 0.526. The van der Waals surface area contributed by atoms with E-state index < -0.39 is 14.3 Å². The summed E-state index contributed by atoms with van der Waals surface area (Å²) in [4.78, 5) is 12.0. The van der Waals surface area contributed by atoms with Crippen molar-refractivity contribution < 1.29 is 14.0 Å². The SMILES string of the molecule is C=C(C(=O)OC)[C@H](C)[C@@H](O[Si](C)(C)C(C)(C)C)c1ccccc1Br. The van der Waals surface area contributed by atoms with Crippen molar-refractivity contribution in [2.45, 2.75) is 51.9 Å². The van der Waals surface area contributed by atoms with Gasteiger partial charge in [-0.2, -0.15) is 0 Å². The van der Waals surface area contributed by atoms with Gasteiger partial charge in [0.05, 0.1) is 13.2 Å². The van der Waals surface area contributed by atoms with Crippen molar-refractivity contribution in [2.75, 3.05) is 7.11 Å². The molecule has 24 heavy (non-hydrogen) atoms. The highest BCUT2D eigenvalue weighted by molar-refractivity contribution is 9.10. The normalized spacial score (nSPS) is 14.8. The second-order valence-electron chi connectivity index (χ2n) is 7.63. The van der Waals surface area contributed by atoms with Crippen LogP contribution in [0.2, 0.25) is 18.1 Å². The molecule has 1 rings (SSSR count). The molecule has 0 unspecified atom stereocenters. The molecule has 0 radical (unpaired) electrons. The van der Waals surface area contributed by atoms with Gasteiger partial charge in [-0.25, -0.2) is 4.79 Å². The number of hydrogen-bond donors (Lipinski definition) is 0. The highest BCUT2D eigenvalue weighted by Crippen LogP contribution is 2.44. The fourth-order valence-electron chi connectivity index (χ4n) is 2.13. The van der Waals surface area contributed by atoms with Crippen LogP contribution in [0, 0.1) is 5.92 Å². The molecule has 0 saturated heterocycles. The first kappa shape index (κ1) is 21.1. The molecule has 0 amide bonds. The third-order valence-corrected chi connectivity index (χ3v) is 10.1. The zero-order chi connectivity index (χ0) is 18.7. The van der Waals surface area contributed by atoms with Gasteiger partial charge in [0.2, 0.25) is 0 Å². The first-order chi connectivity index (χ1) is 10.9. The summed E-state index contributed by atoms with van der Waals surface area (Å²) in [5.41, 5.74) is 1.46. The van der Waals surface area contributed by atoms with Crippen LogP contribution in [0.4, 0.5) is 0 Å². The van der Waals surface area contributed by atoms with Gasteiger partial charge in [-0.3, -0.25) is 0 Å². The Morgan fingerprint density at radius 3 is 2.25 bits per heavy atom. The summed E-state index contributed by atoms with van der Waals surface area (Å²) in [5, 5.41) is 0.0683. The third kappa shape index (κ3) is 4.80. The van der Waals surface area contributed by atoms with Crippen LogP contribution in [-0.4, -0.2) is 21.4 Å². The van der Waals surface area contributed by atoms with Gasteiger partial charge >= 0.3 is 5.97 Å². The number of halogens is 1. The summed E-state index contributed by atoms with van der Waals surface area (Å²) in [6.07, 6.45) is -0.256. The van der Waals surface area contributed by atoms with Crippen LogP contribution in [0.3, 0.4) is 0 Å². The van der Waals surface area contributed by atoms with Crippen molar-refractivity contribution in [1.82, 2.24) is 0 Å². The lowest BCUT2D eigenvalue weighted by Gasteiger charge is -2.41. The monoisotopic (exact) mass is 412 g/mol. The minimum atomic E-state index is -2.04. The largest absolute Gasteiger partial charge is 0.466 e. The predicted octanol–water partition coefficient (Wildman–Crippen LogP) is 5.88. The fourth-order valence-corrected chi connectivity index (χ4v) is 3.96. The van der Waals surface area contributed by atoms with E-state index >= 15 is 0 Å². The molecule has 2 atom stereocenters. The van der Waals surface area contributed by atoms with E-state index in [1.165, 1.54) is 7.11 Å². The molecule has 1 aromatic carbocycles. The Labute approximate surface area is 155 Å². The topological polar surface area (TPSA) is 35.5 Å². The van der Waals surface area contributed by atoms with Gasteiger partial charge in [-0.1, -0.05) is 68.4 Å². The summed E-state index contributed by atoms with van der Waals surface area (Å²) in [6.45, 7) is 16.9. The predicted molar refractivity (Wildman–Crippen MR) is 105 cm³/mol. The van der Waals surface area contributed by atoms with Crippen molar-refractivity contribution in [3.8, 4) is 0 Å². The highest BCUT2D eigenvalue weighted by atomic mass is 79.9. The molecule has 0 aliphatic rings. The zero-order valence-electron chi connectivity index (χ0n) is 15.8. The lowest BCUT2D eigenvalue weighted by Crippen LogP contribution is -2.43. The molecule has 1 aromatic rings. The van der Waals surface area contributed by atoms with Crippen LogP contribution < -0.4 is 0 Å². The summed E-state index contributed by atoms with van der Waals surface area (Å²) in [5.74, 6) is -0.580. The number of rotatable bonds is 6. The average molecular weight is 413 g/mol. The Morgan fingerprint density at radius 1 is 1.25 bits per heavy atom. The summed E-state index contributed by atoms with van der Waals surface area (Å²) in [7, 11) is -0.664. The van der Waals surface area contributed by atoms with Gasteiger partial charge in [0.25, 0.3) is 0 Å². The first-order valence-electron chi connectivity index (χ1n) is 8.11. The minimum Gasteiger partial charge on any atom is -0.466 e. The van der Waals surface area contributed by atoms with Gasteiger partial charge in [-0.05, 0) is 29.8 Å². The number of esters is 1. The third-order valence-electron chi connectivity index (χ3n) is 4.89. The van der Waals surface area contributed by atoms with Crippen LogP contribution in [0.15, 0.2) is 40.9 Å². The van der Waals surface area contributed by atoms with Gasteiger partial charge in [-0.15, -0.1) is 0 Å². The summed E-state index contributed by atoms with van der Waals surface area (Å²) < 4.78 is 12.5. The van der Waals surface area contributed by atoms with E-state index in [0.29, 0.717) is 5.57 Å². The molecule has 0 fully saturated rings. The van der Waals surface area contributed by atoms with E-state index in [0.717, 1.165) is 10.0 Å². The molecule has 3 nitrogen and oxygen atoms in total. The van der Waals surface area contributed by atoms with Crippen molar-refractivity contribution in [3.63, 3.8) is 0 Å². The zero-order valence-corrected chi connectivity index (χ0v) is 18.4. The molecule has 5 heteroatoms. The number of benzene rings is 1. The minimum absolute atomic E-state index is 0.0683. The van der Waals surface area contributed by atoms with Crippen LogP contribution in [0.25, 0.3) is 0 Å². The van der Waals surface area contributed by atoms with Crippen molar-refractivity contribution in [2.24, 2.45) is 5.92 Å².